The smallest absolute Gasteiger partial charge is 0.178 e. The van der Waals surface area contributed by atoms with Gasteiger partial charge in [-0.25, -0.2) is 4.98 Å². The number of aldehydes is 1. The maximum atomic E-state index is 10.8. The van der Waals surface area contributed by atoms with E-state index in [-0.39, 0.29) is 6.10 Å². The fourth-order valence-electron chi connectivity index (χ4n) is 2.36. The van der Waals surface area contributed by atoms with Gasteiger partial charge in [-0.2, -0.15) is 0 Å². The van der Waals surface area contributed by atoms with Crippen molar-refractivity contribution in [3.63, 3.8) is 0 Å². The van der Waals surface area contributed by atoms with Gasteiger partial charge in [0, 0.05) is 9.90 Å². The SMILES string of the molecule is Cc1sc(C=O)nc1C1OCCc2ccc(Cl)cc21. The molecule has 0 bridgehead atoms. The molecule has 1 unspecified atom stereocenters. The monoisotopic (exact) mass is 293 g/mol. The van der Waals surface area contributed by atoms with E-state index in [9.17, 15) is 4.79 Å². The minimum absolute atomic E-state index is 0.215. The van der Waals surface area contributed by atoms with Crippen LogP contribution in [0.5, 0.6) is 0 Å². The molecule has 5 heteroatoms. The van der Waals surface area contributed by atoms with Crippen LogP contribution in [0.2, 0.25) is 5.02 Å². The van der Waals surface area contributed by atoms with Crippen LogP contribution in [0.25, 0.3) is 0 Å². The Morgan fingerprint density at radius 1 is 1.53 bits per heavy atom. The van der Waals surface area contributed by atoms with E-state index in [1.54, 1.807) is 0 Å². The van der Waals surface area contributed by atoms with Crippen LogP contribution in [0.3, 0.4) is 0 Å². The third kappa shape index (κ3) is 2.31. The lowest BCUT2D eigenvalue weighted by Crippen LogP contribution is -2.18. The van der Waals surface area contributed by atoms with E-state index < -0.39 is 0 Å². The molecule has 0 N–H and O–H groups in total. The zero-order valence-electron chi connectivity index (χ0n) is 10.4. The predicted octanol–water partition coefficient (Wildman–Crippen LogP) is 3.58. The molecule has 98 valence electrons. The quantitative estimate of drug-likeness (QED) is 0.795. The van der Waals surface area contributed by atoms with Gasteiger partial charge in [-0.05, 0) is 36.6 Å². The van der Waals surface area contributed by atoms with Gasteiger partial charge in [0.1, 0.15) is 6.10 Å². The van der Waals surface area contributed by atoms with Crippen molar-refractivity contribution in [1.29, 1.82) is 0 Å². The van der Waals surface area contributed by atoms with Crippen LogP contribution in [0, 0.1) is 6.92 Å². The highest BCUT2D eigenvalue weighted by molar-refractivity contribution is 7.13. The van der Waals surface area contributed by atoms with Crippen molar-refractivity contribution < 1.29 is 9.53 Å². The molecule has 0 aliphatic carbocycles. The maximum Gasteiger partial charge on any atom is 0.178 e. The molecule has 1 aliphatic rings. The Kier molecular flexibility index (Phi) is 3.39. The van der Waals surface area contributed by atoms with Gasteiger partial charge in [0.25, 0.3) is 0 Å². The number of nitrogens with zero attached hydrogens (tertiary/aromatic N) is 1. The van der Waals surface area contributed by atoms with Crippen LogP contribution >= 0.6 is 22.9 Å². The Morgan fingerprint density at radius 3 is 3.11 bits per heavy atom. The number of halogens is 1. The molecule has 0 radical (unpaired) electrons. The number of ether oxygens (including phenoxy) is 1. The van der Waals surface area contributed by atoms with Crippen LogP contribution in [0.15, 0.2) is 18.2 Å². The summed E-state index contributed by atoms with van der Waals surface area (Å²) in [7, 11) is 0. The molecule has 2 aromatic rings. The Morgan fingerprint density at radius 2 is 2.37 bits per heavy atom. The number of hydrogen-bond donors (Lipinski definition) is 0. The highest BCUT2D eigenvalue weighted by Gasteiger charge is 2.26. The molecule has 0 fully saturated rings. The maximum absolute atomic E-state index is 10.8. The molecule has 1 atom stereocenters. The van der Waals surface area contributed by atoms with E-state index >= 15 is 0 Å². The first-order valence-electron chi connectivity index (χ1n) is 6.01. The molecular weight excluding hydrogens is 282 g/mol. The second-order valence-corrected chi connectivity index (χ2v) is 6.13. The van der Waals surface area contributed by atoms with Crippen molar-refractivity contribution >= 4 is 29.2 Å². The summed E-state index contributed by atoms with van der Waals surface area (Å²) in [5.41, 5.74) is 3.13. The molecule has 3 nitrogen and oxygen atoms in total. The number of rotatable bonds is 2. The van der Waals surface area contributed by atoms with Gasteiger partial charge in [-0.1, -0.05) is 17.7 Å². The Bertz CT molecular complexity index is 638. The van der Waals surface area contributed by atoms with Gasteiger partial charge >= 0.3 is 0 Å². The molecule has 0 saturated carbocycles. The molecular formula is C14H12ClNO2S. The molecule has 1 aliphatic heterocycles. The second kappa shape index (κ2) is 5.04. The van der Waals surface area contributed by atoms with Gasteiger partial charge in [0.15, 0.2) is 11.3 Å². The number of hydrogen-bond acceptors (Lipinski definition) is 4. The third-order valence-corrected chi connectivity index (χ3v) is 4.39. The van der Waals surface area contributed by atoms with E-state index in [1.165, 1.54) is 16.9 Å². The lowest BCUT2D eigenvalue weighted by Gasteiger charge is -2.25. The number of carbonyl (C=O) groups is 1. The standard InChI is InChI=1S/C14H12ClNO2S/c1-8-13(16-12(7-17)19-8)14-11-6-10(15)3-2-9(11)4-5-18-14/h2-3,6-7,14H,4-5H2,1H3. The highest BCUT2D eigenvalue weighted by atomic mass is 35.5. The zero-order valence-corrected chi connectivity index (χ0v) is 11.9. The van der Waals surface area contributed by atoms with Crippen molar-refractivity contribution in [3.8, 4) is 0 Å². The molecule has 3 rings (SSSR count). The molecule has 0 saturated heterocycles. The summed E-state index contributed by atoms with van der Waals surface area (Å²) in [6.45, 7) is 2.62. The van der Waals surface area contributed by atoms with Gasteiger partial charge in [0.05, 0.1) is 12.3 Å². The van der Waals surface area contributed by atoms with Gasteiger partial charge in [-0.15, -0.1) is 11.3 Å². The number of benzene rings is 1. The predicted molar refractivity (Wildman–Crippen MR) is 75.2 cm³/mol. The van der Waals surface area contributed by atoms with Crippen molar-refractivity contribution in [2.45, 2.75) is 19.4 Å². The highest BCUT2D eigenvalue weighted by Crippen LogP contribution is 2.36. The number of aromatic nitrogens is 1. The van der Waals surface area contributed by atoms with Crippen LogP contribution in [-0.4, -0.2) is 17.9 Å². The van der Waals surface area contributed by atoms with Crippen LogP contribution in [0.1, 0.15) is 37.6 Å². The van der Waals surface area contributed by atoms with Crippen molar-refractivity contribution in [2.75, 3.05) is 6.61 Å². The first-order chi connectivity index (χ1) is 9.19. The largest absolute Gasteiger partial charge is 0.367 e. The first kappa shape index (κ1) is 12.8. The second-order valence-electron chi connectivity index (χ2n) is 4.46. The molecule has 0 spiro atoms. The van der Waals surface area contributed by atoms with Crippen LogP contribution in [-0.2, 0) is 11.2 Å². The zero-order chi connectivity index (χ0) is 13.4. The Balaban J connectivity index is 2.09. The Labute approximate surface area is 120 Å². The molecule has 1 aromatic heterocycles. The van der Waals surface area contributed by atoms with Crippen molar-refractivity contribution in [2.24, 2.45) is 0 Å². The molecule has 2 heterocycles. The fourth-order valence-corrected chi connectivity index (χ4v) is 3.31. The van der Waals surface area contributed by atoms with Crippen molar-refractivity contribution in [3.05, 3.63) is 49.9 Å². The van der Waals surface area contributed by atoms with E-state index in [2.05, 4.69) is 4.98 Å². The van der Waals surface area contributed by atoms with Gasteiger partial charge in [0.2, 0.25) is 0 Å². The van der Waals surface area contributed by atoms with E-state index in [1.807, 2.05) is 25.1 Å². The summed E-state index contributed by atoms with van der Waals surface area (Å²) < 4.78 is 5.85. The normalized spacial score (nSPS) is 18.1. The minimum atomic E-state index is -0.215. The van der Waals surface area contributed by atoms with Crippen molar-refractivity contribution in [1.82, 2.24) is 4.98 Å². The van der Waals surface area contributed by atoms with E-state index in [0.717, 1.165) is 28.8 Å². The van der Waals surface area contributed by atoms with E-state index in [4.69, 9.17) is 16.3 Å². The Hall–Kier alpha value is -1.23. The molecule has 1 aromatic carbocycles. The number of carbonyl (C=O) groups excluding carboxylic acids is 1. The summed E-state index contributed by atoms with van der Waals surface area (Å²) in [4.78, 5) is 16.2. The lowest BCUT2D eigenvalue weighted by atomic mass is 9.95. The topological polar surface area (TPSA) is 39.2 Å². The summed E-state index contributed by atoms with van der Waals surface area (Å²) in [5, 5.41) is 1.18. The lowest BCUT2D eigenvalue weighted by molar-refractivity contribution is 0.0670. The van der Waals surface area contributed by atoms with E-state index in [0.29, 0.717) is 16.6 Å². The van der Waals surface area contributed by atoms with Gasteiger partial charge in [-0.3, -0.25) is 4.79 Å². The van der Waals surface area contributed by atoms with Crippen LogP contribution in [0.4, 0.5) is 0 Å². The molecule has 19 heavy (non-hydrogen) atoms. The number of aryl methyl sites for hydroxylation is 1. The first-order valence-corrected chi connectivity index (χ1v) is 7.21. The summed E-state index contributed by atoms with van der Waals surface area (Å²) in [5.74, 6) is 0. The number of fused-ring (bicyclic) bond motifs is 1. The van der Waals surface area contributed by atoms with Crippen LogP contribution < -0.4 is 0 Å². The number of thiazole rings is 1. The fraction of sp³-hybridized carbons (Fsp3) is 0.286. The summed E-state index contributed by atoms with van der Waals surface area (Å²) in [6, 6.07) is 5.86. The molecule has 0 amide bonds. The third-order valence-electron chi connectivity index (χ3n) is 3.24. The minimum Gasteiger partial charge on any atom is -0.367 e. The average molecular weight is 294 g/mol. The summed E-state index contributed by atoms with van der Waals surface area (Å²) >= 11 is 7.47. The van der Waals surface area contributed by atoms with Gasteiger partial charge < -0.3 is 4.74 Å². The summed E-state index contributed by atoms with van der Waals surface area (Å²) in [6.07, 6.45) is 1.45. The average Bonchev–Trinajstić information content (AvgIpc) is 2.79.